The van der Waals surface area contributed by atoms with Gasteiger partial charge in [0.15, 0.2) is 0 Å². The Balaban J connectivity index is 3.57. The fourth-order valence-electron chi connectivity index (χ4n) is 1.13. The van der Waals surface area contributed by atoms with Gasteiger partial charge in [0, 0.05) is 6.42 Å². The van der Waals surface area contributed by atoms with Gasteiger partial charge in [-0.25, -0.2) is 0 Å². The molecule has 13 heavy (non-hydrogen) atoms. The highest BCUT2D eigenvalue weighted by atomic mass is 16.5. The Morgan fingerprint density at radius 2 is 2.08 bits per heavy atom. The maximum atomic E-state index is 10.9. The van der Waals surface area contributed by atoms with Crippen LogP contribution in [0.15, 0.2) is 11.6 Å². The summed E-state index contributed by atoms with van der Waals surface area (Å²) in [4.78, 5) is 10.9. The van der Waals surface area contributed by atoms with Gasteiger partial charge in [-0.3, -0.25) is 4.79 Å². The molecule has 0 bridgehead atoms. The summed E-state index contributed by atoms with van der Waals surface area (Å²) in [5, 5.41) is 0. The molecule has 0 amide bonds. The second-order valence-corrected chi connectivity index (χ2v) is 3.74. The zero-order valence-corrected chi connectivity index (χ0v) is 9.09. The molecule has 0 fully saturated rings. The largest absolute Gasteiger partial charge is 0.469 e. The molecule has 0 heterocycles. The van der Waals surface area contributed by atoms with Gasteiger partial charge in [-0.05, 0) is 32.6 Å². The molecule has 76 valence electrons. The highest BCUT2D eigenvalue weighted by Crippen LogP contribution is 2.12. The number of carbonyl (C=O) groups is 1. The maximum absolute atomic E-state index is 10.9. The number of ether oxygens (including phenoxy) is 1. The van der Waals surface area contributed by atoms with Crippen molar-refractivity contribution in [1.29, 1.82) is 0 Å². The SMILES string of the molecule is COC(=O)C[C@H](C)CCC=C(C)C. The van der Waals surface area contributed by atoms with Crippen LogP contribution in [-0.2, 0) is 9.53 Å². The van der Waals surface area contributed by atoms with Crippen molar-refractivity contribution >= 4 is 5.97 Å². The minimum Gasteiger partial charge on any atom is -0.469 e. The predicted molar refractivity (Wildman–Crippen MR) is 54.5 cm³/mol. The van der Waals surface area contributed by atoms with Crippen LogP contribution < -0.4 is 0 Å². The summed E-state index contributed by atoms with van der Waals surface area (Å²) in [6.07, 6.45) is 4.85. The van der Waals surface area contributed by atoms with E-state index in [1.165, 1.54) is 12.7 Å². The molecule has 0 aromatic rings. The molecule has 2 nitrogen and oxygen atoms in total. The standard InChI is InChI=1S/C11H20O2/c1-9(2)6-5-7-10(3)8-11(12)13-4/h6,10H,5,7-8H2,1-4H3/t10-/m1/s1. The van der Waals surface area contributed by atoms with Gasteiger partial charge >= 0.3 is 5.97 Å². The van der Waals surface area contributed by atoms with Crippen molar-refractivity contribution in [1.82, 2.24) is 0 Å². The fraction of sp³-hybridized carbons (Fsp3) is 0.727. The molecule has 0 saturated heterocycles. The first-order valence-electron chi connectivity index (χ1n) is 4.76. The minimum atomic E-state index is -0.107. The summed E-state index contributed by atoms with van der Waals surface area (Å²) in [7, 11) is 1.44. The molecule has 0 unspecified atom stereocenters. The van der Waals surface area contributed by atoms with Crippen LogP contribution in [0.4, 0.5) is 0 Å². The number of rotatable bonds is 5. The van der Waals surface area contributed by atoms with Gasteiger partial charge in [-0.15, -0.1) is 0 Å². The third kappa shape index (κ3) is 7.57. The van der Waals surface area contributed by atoms with Gasteiger partial charge in [0.1, 0.15) is 0 Å². The molecule has 0 spiro atoms. The van der Waals surface area contributed by atoms with Crippen LogP contribution in [0.25, 0.3) is 0 Å². The lowest BCUT2D eigenvalue weighted by molar-refractivity contribution is -0.141. The van der Waals surface area contributed by atoms with E-state index in [0.717, 1.165) is 12.8 Å². The van der Waals surface area contributed by atoms with E-state index in [-0.39, 0.29) is 5.97 Å². The highest BCUT2D eigenvalue weighted by Gasteiger charge is 2.07. The van der Waals surface area contributed by atoms with E-state index in [1.54, 1.807) is 0 Å². The lowest BCUT2D eigenvalue weighted by Gasteiger charge is -2.07. The zero-order chi connectivity index (χ0) is 10.3. The average Bonchev–Trinajstić information content (AvgIpc) is 2.03. The predicted octanol–water partition coefficient (Wildman–Crippen LogP) is 2.93. The van der Waals surface area contributed by atoms with Gasteiger partial charge in [0.2, 0.25) is 0 Å². The number of esters is 1. The maximum Gasteiger partial charge on any atom is 0.305 e. The van der Waals surface area contributed by atoms with E-state index in [1.807, 2.05) is 0 Å². The lowest BCUT2D eigenvalue weighted by atomic mass is 10.0. The molecule has 0 radical (unpaired) electrons. The Bertz CT molecular complexity index is 179. The quantitative estimate of drug-likeness (QED) is 0.485. The van der Waals surface area contributed by atoms with Gasteiger partial charge in [-0.2, -0.15) is 0 Å². The smallest absolute Gasteiger partial charge is 0.305 e. The molecule has 0 N–H and O–H groups in total. The third-order valence-corrected chi connectivity index (χ3v) is 1.95. The van der Waals surface area contributed by atoms with E-state index in [2.05, 4.69) is 31.6 Å². The molecule has 0 saturated carbocycles. The normalized spacial score (nSPS) is 12.0. The van der Waals surface area contributed by atoms with Crippen molar-refractivity contribution in [3.05, 3.63) is 11.6 Å². The van der Waals surface area contributed by atoms with Crippen molar-refractivity contribution in [2.45, 2.75) is 40.0 Å². The number of carbonyl (C=O) groups excluding carboxylic acids is 1. The Labute approximate surface area is 81.0 Å². The highest BCUT2D eigenvalue weighted by molar-refractivity contribution is 5.69. The number of hydrogen-bond donors (Lipinski definition) is 0. The van der Waals surface area contributed by atoms with Crippen LogP contribution in [-0.4, -0.2) is 13.1 Å². The number of hydrogen-bond acceptors (Lipinski definition) is 2. The van der Waals surface area contributed by atoms with Gasteiger partial charge in [0.25, 0.3) is 0 Å². The molecule has 0 rings (SSSR count). The van der Waals surface area contributed by atoms with Gasteiger partial charge in [0.05, 0.1) is 7.11 Å². The summed E-state index contributed by atoms with van der Waals surface area (Å²) >= 11 is 0. The van der Waals surface area contributed by atoms with Crippen molar-refractivity contribution in [2.75, 3.05) is 7.11 Å². The second kappa shape index (κ2) is 6.70. The first-order valence-corrected chi connectivity index (χ1v) is 4.76. The third-order valence-electron chi connectivity index (χ3n) is 1.95. The molecular weight excluding hydrogens is 164 g/mol. The van der Waals surface area contributed by atoms with Crippen molar-refractivity contribution < 1.29 is 9.53 Å². The number of methoxy groups -OCH3 is 1. The zero-order valence-electron chi connectivity index (χ0n) is 9.09. The molecule has 0 aromatic carbocycles. The van der Waals surface area contributed by atoms with Crippen LogP contribution in [0.5, 0.6) is 0 Å². The van der Waals surface area contributed by atoms with E-state index >= 15 is 0 Å². The first kappa shape index (κ1) is 12.2. The Kier molecular flexibility index (Phi) is 6.29. The lowest BCUT2D eigenvalue weighted by Crippen LogP contribution is -2.06. The topological polar surface area (TPSA) is 26.3 Å². The van der Waals surface area contributed by atoms with Crippen LogP contribution >= 0.6 is 0 Å². The summed E-state index contributed by atoms with van der Waals surface area (Å²) in [6.45, 7) is 6.26. The minimum absolute atomic E-state index is 0.107. The van der Waals surface area contributed by atoms with Crippen LogP contribution in [0.3, 0.4) is 0 Å². The van der Waals surface area contributed by atoms with Crippen LogP contribution in [0.1, 0.15) is 40.0 Å². The van der Waals surface area contributed by atoms with Crippen LogP contribution in [0, 0.1) is 5.92 Å². The monoisotopic (exact) mass is 184 g/mol. The van der Waals surface area contributed by atoms with Gasteiger partial charge < -0.3 is 4.74 Å². The molecule has 0 aliphatic rings. The van der Waals surface area contributed by atoms with E-state index in [0.29, 0.717) is 12.3 Å². The molecule has 2 heteroatoms. The Morgan fingerprint density at radius 1 is 1.46 bits per heavy atom. The molecule has 0 aliphatic carbocycles. The van der Waals surface area contributed by atoms with Crippen molar-refractivity contribution in [3.8, 4) is 0 Å². The average molecular weight is 184 g/mol. The first-order chi connectivity index (χ1) is 6.06. The summed E-state index contributed by atoms with van der Waals surface area (Å²) < 4.78 is 4.59. The van der Waals surface area contributed by atoms with E-state index < -0.39 is 0 Å². The Morgan fingerprint density at radius 3 is 2.54 bits per heavy atom. The molecule has 0 aromatic heterocycles. The van der Waals surface area contributed by atoms with Crippen molar-refractivity contribution in [3.63, 3.8) is 0 Å². The summed E-state index contributed by atoms with van der Waals surface area (Å²) in [5.74, 6) is 0.313. The van der Waals surface area contributed by atoms with Crippen LogP contribution in [0.2, 0.25) is 0 Å². The molecule has 1 atom stereocenters. The number of allylic oxidation sites excluding steroid dienone is 2. The van der Waals surface area contributed by atoms with E-state index in [4.69, 9.17) is 0 Å². The second-order valence-electron chi connectivity index (χ2n) is 3.74. The van der Waals surface area contributed by atoms with Crippen molar-refractivity contribution in [2.24, 2.45) is 5.92 Å². The van der Waals surface area contributed by atoms with E-state index in [9.17, 15) is 4.79 Å². The molecule has 0 aliphatic heterocycles. The van der Waals surface area contributed by atoms with Gasteiger partial charge in [-0.1, -0.05) is 18.6 Å². The molecular formula is C11H20O2. The Hall–Kier alpha value is -0.790. The summed E-state index contributed by atoms with van der Waals surface area (Å²) in [6, 6.07) is 0. The summed E-state index contributed by atoms with van der Waals surface area (Å²) in [5.41, 5.74) is 1.34. The fourth-order valence-corrected chi connectivity index (χ4v) is 1.13.